The largest absolute Gasteiger partial charge is 0.496 e. The number of hydrogen-bond donors (Lipinski definition) is 2. The van der Waals surface area contributed by atoms with Crippen molar-refractivity contribution in [3.63, 3.8) is 0 Å². The van der Waals surface area contributed by atoms with Gasteiger partial charge >= 0.3 is 0 Å². The number of benzene rings is 1. The minimum atomic E-state index is -0.322. The highest BCUT2D eigenvalue weighted by molar-refractivity contribution is 5.37. The van der Waals surface area contributed by atoms with Gasteiger partial charge in [0, 0.05) is 23.9 Å². The Bertz CT molecular complexity index is 533. The minimum absolute atomic E-state index is 0.263. The number of aromatic nitrogens is 1. The summed E-state index contributed by atoms with van der Waals surface area (Å²) in [5, 5.41) is 0. The van der Waals surface area contributed by atoms with E-state index < -0.39 is 0 Å². The molecule has 4 nitrogen and oxygen atoms in total. The molecule has 0 aliphatic carbocycles. The van der Waals surface area contributed by atoms with Gasteiger partial charge in [0.05, 0.1) is 13.2 Å². The third-order valence-corrected chi connectivity index (χ3v) is 2.91. The lowest BCUT2D eigenvalue weighted by Crippen LogP contribution is -2.30. The Morgan fingerprint density at radius 1 is 1.37 bits per heavy atom. The van der Waals surface area contributed by atoms with Crippen LogP contribution in [0.15, 0.2) is 42.6 Å². The normalized spacial score (nSPS) is 12.2. The van der Waals surface area contributed by atoms with Crippen molar-refractivity contribution < 1.29 is 9.13 Å². The van der Waals surface area contributed by atoms with Crippen LogP contribution >= 0.6 is 0 Å². The SMILES string of the molecule is COc1ccc(F)cc1C(Cc1ccccn1)NN. The van der Waals surface area contributed by atoms with E-state index in [9.17, 15) is 4.39 Å². The number of halogens is 1. The Morgan fingerprint density at radius 2 is 2.21 bits per heavy atom. The molecule has 0 bridgehead atoms. The van der Waals surface area contributed by atoms with Gasteiger partial charge in [-0.25, -0.2) is 4.39 Å². The summed E-state index contributed by atoms with van der Waals surface area (Å²) in [4.78, 5) is 4.24. The maximum Gasteiger partial charge on any atom is 0.123 e. The summed E-state index contributed by atoms with van der Waals surface area (Å²) in [6.07, 6.45) is 2.27. The Balaban J connectivity index is 2.29. The fraction of sp³-hybridized carbons (Fsp3) is 0.214. The number of hydrazine groups is 1. The number of ether oxygens (including phenoxy) is 1. The molecule has 0 saturated carbocycles. The van der Waals surface area contributed by atoms with E-state index in [1.54, 1.807) is 19.4 Å². The van der Waals surface area contributed by atoms with E-state index in [0.717, 1.165) is 5.69 Å². The Hall–Kier alpha value is -1.98. The molecule has 0 spiro atoms. The minimum Gasteiger partial charge on any atom is -0.496 e. The van der Waals surface area contributed by atoms with Crippen molar-refractivity contribution in [2.45, 2.75) is 12.5 Å². The number of hydrogen-bond acceptors (Lipinski definition) is 4. The van der Waals surface area contributed by atoms with Crippen LogP contribution in [0.3, 0.4) is 0 Å². The van der Waals surface area contributed by atoms with E-state index in [4.69, 9.17) is 10.6 Å². The first kappa shape index (κ1) is 13.5. The summed E-state index contributed by atoms with van der Waals surface area (Å²) < 4.78 is 18.6. The second kappa shape index (κ2) is 6.26. The second-order valence-corrected chi connectivity index (χ2v) is 4.13. The number of pyridine rings is 1. The van der Waals surface area contributed by atoms with Crippen LogP contribution in [0.25, 0.3) is 0 Å². The fourth-order valence-corrected chi connectivity index (χ4v) is 1.96. The first-order valence-electron chi connectivity index (χ1n) is 5.94. The van der Waals surface area contributed by atoms with Crippen LogP contribution in [0.1, 0.15) is 17.3 Å². The van der Waals surface area contributed by atoms with Crippen LogP contribution in [0, 0.1) is 5.82 Å². The van der Waals surface area contributed by atoms with E-state index in [-0.39, 0.29) is 11.9 Å². The molecule has 0 amide bonds. The molecule has 2 aromatic rings. The van der Waals surface area contributed by atoms with Crippen molar-refractivity contribution in [3.8, 4) is 5.75 Å². The van der Waals surface area contributed by atoms with Crippen molar-refractivity contribution in [2.24, 2.45) is 5.84 Å². The summed E-state index contributed by atoms with van der Waals surface area (Å²) in [7, 11) is 1.55. The highest BCUT2D eigenvalue weighted by atomic mass is 19.1. The van der Waals surface area contributed by atoms with Crippen LogP contribution in [-0.4, -0.2) is 12.1 Å². The first-order chi connectivity index (χ1) is 9.24. The molecule has 3 N–H and O–H groups in total. The third kappa shape index (κ3) is 3.27. The molecule has 1 aromatic carbocycles. The molecule has 0 aliphatic heterocycles. The summed E-state index contributed by atoms with van der Waals surface area (Å²) in [5.41, 5.74) is 4.23. The molecule has 0 radical (unpaired) electrons. The van der Waals surface area contributed by atoms with Gasteiger partial charge in [0.25, 0.3) is 0 Å². The van der Waals surface area contributed by atoms with Crippen molar-refractivity contribution in [1.82, 2.24) is 10.4 Å². The molecule has 100 valence electrons. The zero-order valence-electron chi connectivity index (χ0n) is 10.6. The predicted molar refractivity (Wildman–Crippen MR) is 71.0 cm³/mol. The van der Waals surface area contributed by atoms with Crippen LogP contribution in [0.4, 0.5) is 4.39 Å². The summed E-state index contributed by atoms with van der Waals surface area (Å²) >= 11 is 0. The lowest BCUT2D eigenvalue weighted by Gasteiger charge is -2.18. The molecule has 0 fully saturated rings. The third-order valence-electron chi connectivity index (χ3n) is 2.91. The molecule has 1 heterocycles. The van der Waals surface area contributed by atoms with Gasteiger partial charge in [0.15, 0.2) is 0 Å². The topological polar surface area (TPSA) is 60.2 Å². The first-order valence-corrected chi connectivity index (χ1v) is 5.94. The van der Waals surface area contributed by atoms with Crippen molar-refractivity contribution >= 4 is 0 Å². The molecule has 2 rings (SSSR count). The van der Waals surface area contributed by atoms with E-state index in [1.807, 2.05) is 18.2 Å². The highest BCUT2D eigenvalue weighted by Crippen LogP contribution is 2.27. The maximum atomic E-state index is 13.4. The van der Waals surface area contributed by atoms with Gasteiger partial charge in [0.1, 0.15) is 11.6 Å². The molecule has 1 aromatic heterocycles. The lowest BCUT2D eigenvalue weighted by molar-refractivity contribution is 0.397. The highest BCUT2D eigenvalue weighted by Gasteiger charge is 2.16. The van der Waals surface area contributed by atoms with Gasteiger partial charge in [-0.05, 0) is 30.3 Å². The van der Waals surface area contributed by atoms with Crippen molar-refractivity contribution in [1.29, 1.82) is 0 Å². The average Bonchev–Trinajstić information content (AvgIpc) is 2.46. The second-order valence-electron chi connectivity index (χ2n) is 4.13. The lowest BCUT2D eigenvalue weighted by atomic mass is 10.0. The average molecular weight is 261 g/mol. The van der Waals surface area contributed by atoms with Crippen LogP contribution in [0.5, 0.6) is 5.75 Å². The monoisotopic (exact) mass is 261 g/mol. The molecular weight excluding hydrogens is 245 g/mol. The van der Waals surface area contributed by atoms with E-state index in [2.05, 4.69) is 10.4 Å². The number of nitrogens with two attached hydrogens (primary N) is 1. The van der Waals surface area contributed by atoms with E-state index in [0.29, 0.717) is 17.7 Å². The number of nitrogens with one attached hydrogen (secondary N) is 1. The van der Waals surface area contributed by atoms with Gasteiger partial charge < -0.3 is 4.74 Å². The summed E-state index contributed by atoms with van der Waals surface area (Å²) in [6.45, 7) is 0. The zero-order valence-corrected chi connectivity index (χ0v) is 10.6. The van der Waals surface area contributed by atoms with Gasteiger partial charge in [-0.1, -0.05) is 6.07 Å². The smallest absolute Gasteiger partial charge is 0.123 e. The number of nitrogens with zero attached hydrogens (tertiary/aromatic N) is 1. The zero-order chi connectivity index (χ0) is 13.7. The Kier molecular flexibility index (Phi) is 4.43. The van der Waals surface area contributed by atoms with Crippen LogP contribution in [-0.2, 0) is 6.42 Å². The molecule has 19 heavy (non-hydrogen) atoms. The number of methoxy groups -OCH3 is 1. The van der Waals surface area contributed by atoms with Gasteiger partial charge in [0.2, 0.25) is 0 Å². The van der Waals surface area contributed by atoms with Crippen LogP contribution < -0.4 is 16.0 Å². The van der Waals surface area contributed by atoms with Crippen molar-refractivity contribution in [3.05, 3.63) is 59.7 Å². The Labute approximate surface area is 111 Å². The van der Waals surface area contributed by atoms with Crippen molar-refractivity contribution in [2.75, 3.05) is 7.11 Å². The van der Waals surface area contributed by atoms with E-state index >= 15 is 0 Å². The summed E-state index contributed by atoms with van der Waals surface area (Å²) in [5.74, 6) is 5.85. The Morgan fingerprint density at radius 3 is 2.84 bits per heavy atom. The predicted octanol–water partition coefficient (Wildman–Crippen LogP) is 1.98. The molecule has 1 atom stereocenters. The summed E-state index contributed by atoms with van der Waals surface area (Å²) in [6, 6.07) is 9.75. The van der Waals surface area contributed by atoms with E-state index in [1.165, 1.54) is 12.1 Å². The molecule has 0 aliphatic rings. The molecule has 0 saturated heterocycles. The maximum absolute atomic E-state index is 13.4. The van der Waals surface area contributed by atoms with Gasteiger partial charge in [-0.3, -0.25) is 16.3 Å². The standard InChI is InChI=1S/C14H16FN3O/c1-19-14-6-5-10(15)8-12(14)13(18-16)9-11-4-2-3-7-17-11/h2-8,13,18H,9,16H2,1H3. The van der Waals surface area contributed by atoms with Gasteiger partial charge in [-0.15, -0.1) is 0 Å². The van der Waals surface area contributed by atoms with Crippen LogP contribution in [0.2, 0.25) is 0 Å². The molecule has 5 heteroatoms. The number of rotatable bonds is 5. The molecular formula is C14H16FN3O. The fourth-order valence-electron chi connectivity index (χ4n) is 1.96. The quantitative estimate of drug-likeness (QED) is 0.638. The van der Waals surface area contributed by atoms with Gasteiger partial charge in [-0.2, -0.15) is 0 Å². The molecule has 1 unspecified atom stereocenters.